The van der Waals surface area contributed by atoms with Gasteiger partial charge in [-0.2, -0.15) is 13.2 Å². The highest BCUT2D eigenvalue weighted by molar-refractivity contribution is 6.63. The summed E-state index contributed by atoms with van der Waals surface area (Å²) in [7, 11) is -3.05. The zero-order valence-electron chi connectivity index (χ0n) is 19.3. The van der Waals surface area contributed by atoms with Crippen LogP contribution in [-0.4, -0.2) is 7.12 Å². The van der Waals surface area contributed by atoms with Gasteiger partial charge in [-0.15, -0.1) is 0 Å². The molecule has 0 radical (unpaired) electrons. The zero-order chi connectivity index (χ0) is 30.1. The van der Waals surface area contributed by atoms with E-state index >= 15 is 4.39 Å². The Bertz CT molecular complexity index is 1750. The predicted octanol–water partition coefficient (Wildman–Crippen LogP) is 6.92. The van der Waals surface area contributed by atoms with Crippen molar-refractivity contribution in [2.24, 2.45) is 0 Å². The van der Waals surface area contributed by atoms with Crippen LogP contribution in [0.2, 0.25) is 0 Å². The molecule has 4 aromatic rings. The van der Waals surface area contributed by atoms with Gasteiger partial charge in [-0.3, -0.25) is 0 Å². The summed E-state index contributed by atoms with van der Waals surface area (Å²) in [6, 6.07) is 2.01. The molecular weight excluding hydrogens is 590 g/mol. The molecule has 0 aliphatic heterocycles. The van der Waals surface area contributed by atoms with E-state index in [-0.39, 0.29) is 11.6 Å². The summed E-state index contributed by atoms with van der Waals surface area (Å²) < 4.78 is 195. The third-order valence-electron chi connectivity index (χ3n) is 6.13. The molecule has 0 saturated heterocycles. The van der Waals surface area contributed by atoms with Crippen LogP contribution in [0.15, 0.2) is 24.3 Å². The van der Waals surface area contributed by atoms with Crippen molar-refractivity contribution in [3.05, 3.63) is 111 Å². The van der Waals surface area contributed by atoms with Crippen LogP contribution < -0.4 is 14.8 Å². The maximum atomic E-state index is 15.3. The molecule has 16 heteroatoms. The average Bonchev–Trinajstić information content (AvgIpc) is 3.33. The van der Waals surface area contributed by atoms with Crippen LogP contribution in [0.4, 0.5) is 57.1 Å². The van der Waals surface area contributed by atoms with Gasteiger partial charge in [-0.25, -0.2) is 43.9 Å². The molecule has 0 heterocycles. The molecule has 5 rings (SSSR count). The number of hydrogen-bond acceptors (Lipinski definition) is 2. The van der Waals surface area contributed by atoms with E-state index in [0.717, 1.165) is 6.07 Å². The summed E-state index contributed by atoms with van der Waals surface area (Å²) in [5, 5.41) is 0. The summed E-state index contributed by atoms with van der Waals surface area (Å²) in [6.45, 7) is 0. The van der Waals surface area contributed by atoms with E-state index in [1.807, 2.05) is 0 Å². The second-order valence-corrected chi connectivity index (χ2v) is 8.42. The molecule has 1 aliphatic carbocycles. The molecule has 0 unspecified atom stereocenters. The normalized spacial score (nSPS) is 11.9. The molecule has 0 atom stereocenters. The third kappa shape index (κ3) is 4.23. The van der Waals surface area contributed by atoms with Crippen molar-refractivity contribution >= 4 is 12.6 Å². The van der Waals surface area contributed by atoms with Crippen molar-refractivity contribution in [2.75, 3.05) is 0 Å². The van der Waals surface area contributed by atoms with Gasteiger partial charge < -0.3 is 9.31 Å². The second kappa shape index (κ2) is 9.92. The van der Waals surface area contributed by atoms with E-state index in [9.17, 15) is 52.7 Å². The van der Waals surface area contributed by atoms with Gasteiger partial charge in [0.15, 0.2) is 46.5 Å². The molecule has 41 heavy (non-hydrogen) atoms. The van der Waals surface area contributed by atoms with E-state index in [1.165, 1.54) is 0 Å². The van der Waals surface area contributed by atoms with Gasteiger partial charge in [-0.1, -0.05) is 6.07 Å². The fourth-order valence-corrected chi connectivity index (χ4v) is 4.26. The molecule has 0 spiro atoms. The number of fused-ring (bicyclic) bond motifs is 3. The Morgan fingerprint density at radius 2 is 1.00 bits per heavy atom. The molecule has 0 saturated carbocycles. The first-order valence-electron chi connectivity index (χ1n) is 10.9. The molecule has 1 aliphatic rings. The smallest absolute Gasteiger partial charge is 0.520 e. The summed E-state index contributed by atoms with van der Waals surface area (Å²) in [4.78, 5) is 0. The first kappa shape index (κ1) is 28.2. The van der Waals surface area contributed by atoms with Crippen LogP contribution in [-0.2, 0) is 6.42 Å². The van der Waals surface area contributed by atoms with Gasteiger partial charge in [0, 0.05) is 11.1 Å². The van der Waals surface area contributed by atoms with Gasteiger partial charge in [0.1, 0.15) is 5.75 Å². The number of hydrogen-bond donors (Lipinski definition) is 0. The van der Waals surface area contributed by atoms with Crippen molar-refractivity contribution in [1.29, 1.82) is 0 Å². The zero-order valence-corrected chi connectivity index (χ0v) is 19.3. The largest absolute Gasteiger partial charge is 0.636 e. The van der Waals surface area contributed by atoms with Gasteiger partial charge in [0.05, 0.1) is 5.46 Å². The van der Waals surface area contributed by atoms with Crippen LogP contribution in [0.5, 0.6) is 11.5 Å². The summed E-state index contributed by atoms with van der Waals surface area (Å²) in [5.74, 6) is -33.1. The maximum absolute atomic E-state index is 15.3. The summed E-state index contributed by atoms with van der Waals surface area (Å²) in [5.41, 5.74) is -4.67. The van der Waals surface area contributed by atoms with Crippen molar-refractivity contribution in [1.82, 2.24) is 0 Å². The summed E-state index contributed by atoms with van der Waals surface area (Å²) in [6.07, 6.45) is -0.786. The Morgan fingerprint density at radius 3 is 1.63 bits per heavy atom. The van der Waals surface area contributed by atoms with E-state index < -0.39 is 123 Å². The third-order valence-corrected chi connectivity index (χ3v) is 6.13. The van der Waals surface area contributed by atoms with Crippen LogP contribution in [0.3, 0.4) is 0 Å². The van der Waals surface area contributed by atoms with Gasteiger partial charge >= 0.3 is 7.12 Å². The molecule has 212 valence electrons. The quantitative estimate of drug-likeness (QED) is 0.0950. The second-order valence-electron chi connectivity index (χ2n) is 8.42. The number of halogens is 13. The van der Waals surface area contributed by atoms with Crippen LogP contribution in [0.1, 0.15) is 11.1 Å². The Balaban J connectivity index is 1.79. The van der Waals surface area contributed by atoms with Crippen LogP contribution >= 0.6 is 0 Å². The van der Waals surface area contributed by atoms with Crippen molar-refractivity contribution in [2.45, 2.75) is 6.42 Å². The Morgan fingerprint density at radius 1 is 0.463 bits per heavy atom. The minimum Gasteiger partial charge on any atom is -0.520 e. The van der Waals surface area contributed by atoms with Gasteiger partial charge in [0.25, 0.3) is 0 Å². The minimum absolute atomic E-state index is 0.239. The van der Waals surface area contributed by atoms with Gasteiger partial charge in [0.2, 0.25) is 34.9 Å². The SMILES string of the molecule is Fc1ccc(OB(Oc2c(F)c(F)c(F)c(F)c2F)c2c(F)c(F)c(F)c3c2Cc2ccc(F)c(F)c2-3)c(F)c1F. The van der Waals surface area contributed by atoms with Crippen LogP contribution in [0, 0.1) is 75.6 Å². The molecule has 4 aromatic carbocycles. The van der Waals surface area contributed by atoms with Crippen molar-refractivity contribution in [3.63, 3.8) is 0 Å². The molecule has 2 nitrogen and oxygen atoms in total. The first-order chi connectivity index (χ1) is 19.3. The Kier molecular flexibility index (Phi) is 6.82. The Hall–Kier alpha value is -4.37. The molecule has 0 N–H and O–H groups in total. The van der Waals surface area contributed by atoms with Gasteiger partial charge in [-0.05, 0) is 35.7 Å². The Labute approximate surface area is 219 Å². The lowest BCUT2D eigenvalue weighted by atomic mass is 9.73. The maximum Gasteiger partial charge on any atom is 0.636 e. The highest BCUT2D eigenvalue weighted by Gasteiger charge is 2.44. The van der Waals surface area contributed by atoms with E-state index in [1.54, 1.807) is 0 Å². The first-order valence-corrected chi connectivity index (χ1v) is 10.9. The van der Waals surface area contributed by atoms with Crippen LogP contribution in [0.25, 0.3) is 11.1 Å². The topological polar surface area (TPSA) is 18.5 Å². The highest BCUT2D eigenvalue weighted by atomic mass is 19.2. The number of rotatable bonds is 5. The lowest BCUT2D eigenvalue weighted by Crippen LogP contribution is -2.48. The lowest BCUT2D eigenvalue weighted by Gasteiger charge is -2.21. The molecule has 0 fully saturated rings. The fourth-order valence-electron chi connectivity index (χ4n) is 4.26. The molecule has 0 bridgehead atoms. The van der Waals surface area contributed by atoms with Crippen molar-refractivity contribution in [3.8, 4) is 22.6 Å². The average molecular weight is 596 g/mol. The lowest BCUT2D eigenvalue weighted by molar-refractivity contribution is 0.330. The molecule has 0 amide bonds. The number of benzene rings is 4. The minimum atomic E-state index is -3.05. The van der Waals surface area contributed by atoms with E-state index in [4.69, 9.17) is 4.65 Å². The monoisotopic (exact) mass is 596 g/mol. The highest BCUT2D eigenvalue weighted by Crippen LogP contribution is 2.42. The van der Waals surface area contributed by atoms with Crippen molar-refractivity contribution < 1.29 is 66.4 Å². The standard InChI is InChI=1S/C25H6BF13O2/c27-8-2-1-6-5-7-12(11(6)14(8)29)17(32)19(34)18(33)13(7)26(40-10-4-3-9(28)15(30)16(10)31)41-25-23(38)21(36)20(35)22(37)24(25)39/h1-4H,5H2. The molecular formula is C25H6BF13O2. The van der Waals surface area contributed by atoms with E-state index in [2.05, 4.69) is 4.65 Å². The molecule has 0 aromatic heterocycles. The fraction of sp³-hybridized carbons (Fsp3) is 0.0400. The summed E-state index contributed by atoms with van der Waals surface area (Å²) >= 11 is 0. The van der Waals surface area contributed by atoms with E-state index in [0.29, 0.717) is 12.1 Å². The predicted molar refractivity (Wildman–Crippen MR) is 114 cm³/mol.